The molecule has 1 N–H and O–H groups in total. The largest absolute Gasteiger partial charge is 0.495 e. The van der Waals surface area contributed by atoms with Crippen LogP contribution in [0.15, 0.2) is 36.4 Å². The smallest absolute Gasteiger partial charge is 0.244 e. The van der Waals surface area contributed by atoms with Crippen LogP contribution in [0.1, 0.15) is 32.8 Å². The third kappa shape index (κ3) is 7.90. The Hall–Kier alpha value is -2.20. The molecular weight excluding hydrogens is 549 g/mol. The maximum Gasteiger partial charge on any atom is 0.244 e. The second-order valence-corrected chi connectivity index (χ2v) is 11.5. The molecule has 0 aliphatic heterocycles. The highest BCUT2D eigenvalue weighted by atomic mass is 35.5. The van der Waals surface area contributed by atoms with Crippen molar-refractivity contribution >= 4 is 62.3 Å². The molecule has 0 fully saturated rings. The summed E-state index contributed by atoms with van der Waals surface area (Å²) in [6, 6.07) is 8.27. The van der Waals surface area contributed by atoms with Crippen molar-refractivity contribution in [2.45, 2.75) is 45.8 Å². The first-order chi connectivity index (χ1) is 16.8. The summed E-state index contributed by atoms with van der Waals surface area (Å²) in [4.78, 5) is 27.8. The van der Waals surface area contributed by atoms with Crippen molar-refractivity contribution in [3.63, 3.8) is 0 Å². The number of carbonyl (C=O) groups excluding carboxylic acids is 2. The molecule has 0 saturated heterocycles. The Morgan fingerprint density at radius 1 is 1.03 bits per heavy atom. The van der Waals surface area contributed by atoms with Crippen LogP contribution in [0.3, 0.4) is 0 Å². The molecule has 0 aromatic heterocycles. The Kier molecular flexibility index (Phi) is 10.7. The van der Waals surface area contributed by atoms with Gasteiger partial charge in [-0.1, -0.05) is 47.8 Å². The minimum atomic E-state index is -3.89. The molecular formula is C24H30Cl3N3O5S. The quantitative estimate of drug-likeness (QED) is 0.415. The topological polar surface area (TPSA) is 96.0 Å². The molecule has 0 heterocycles. The summed E-state index contributed by atoms with van der Waals surface area (Å²) in [5.41, 5.74) is 0.808. The van der Waals surface area contributed by atoms with Gasteiger partial charge in [0, 0.05) is 12.6 Å². The van der Waals surface area contributed by atoms with Gasteiger partial charge in [-0.05, 0) is 56.2 Å². The monoisotopic (exact) mass is 577 g/mol. The molecule has 2 aromatic rings. The second kappa shape index (κ2) is 12.9. The van der Waals surface area contributed by atoms with Gasteiger partial charge in [0.25, 0.3) is 0 Å². The van der Waals surface area contributed by atoms with Crippen molar-refractivity contribution in [3.8, 4) is 5.75 Å². The molecule has 2 amide bonds. The summed E-state index contributed by atoms with van der Waals surface area (Å²) < 4.78 is 31.4. The number of carbonyl (C=O) groups is 2. The Morgan fingerprint density at radius 3 is 2.22 bits per heavy atom. The van der Waals surface area contributed by atoms with Crippen LogP contribution in [-0.4, -0.2) is 57.1 Å². The minimum Gasteiger partial charge on any atom is -0.495 e. The molecule has 0 unspecified atom stereocenters. The number of rotatable bonds is 11. The third-order valence-electron chi connectivity index (χ3n) is 5.61. The lowest BCUT2D eigenvalue weighted by Gasteiger charge is -2.32. The SMILES string of the molecule is CC[C@H](C)NC(=O)[C@H](C)N(Cc1ccc(Cl)c(Cl)c1)C(=O)CN(c1ccc(OC)c(Cl)c1)S(C)(=O)=O. The zero-order valence-electron chi connectivity index (χ0n) is 20.7. The highest BCUT2D eigenvalue weighted by Gasteiger charge is 2.30. The van der Waals surface area contributed by atoms with Crippen LogP contribution in [0.4, 0.5) is 5.69 Å². The van der Waals surface area contributed by atoms with Gasteiger partial charge in [-0.15, -0.1) is 0 Å². The fraction of sp³-hybridized carbons (Fsp3) is 0.417. The summed E-state index contributed by atoms with van der Waals surface area (Å²) in [5.74, 6) is -0.599. The molecule has 0 bridgehead atoms. The van der Waals surface area contributed by atoms with E-state index in [1.165, 1.54) is 30.2 Å². The molecule has 8 nitrogen and oxygen atoms in total. The molecule has 2 atom stereocenters. The highest BCUT2D eigenvalue weighted by molar-refractivity contribution is 7.92. The predicted molar refractivity (Wildman–Crippen MR) is 145 cm³/mol. The van der Waals surface area contributed by atoms with E-state index >= 15 is 0 Å². The predicted octanol–water partition coefficient (Wildman–Crippen LogP) is 4.75. The van der Waals surface area contributed by atoms with Crippen molar-refractivity contribution in [1.29, 1.82) is 0 Å². The van der Waals surface area contributed by atoms with E-state index in [0.29, 0.717) is 27.8 Å². The van der Waals surface area contributed by atoms with Crippen LogP contribution in [-0.2, 0) is 26.2 Å². The maximum atomic E-state index is 13.6. The van der Waals surface area contributed by atoms with Gasteiger partial charge in [0.1, 0.15) is 18.3 Å². The lowest BCUT2D eigenvalue weighted by atomic mass is 10.1. The van der Waals surface area contributed by atoms with E-state index in [0.717, 1.165) is 10.6 Å². The number of sulfonamides is 1. The van der Waals surface area contributed by atoms with Gasteiger partial charge in [0.05, 0.1) is 34.1 Å². The first-order valence-electron chi connectivity index (χ1n) is 11.1. The maximum absolute atomic E-state index is 13.6. The standard InChI is InChI=1S/C24H30Cl3N3O5S/c1-6-15(2)28-24(32)16(3)29(13-17-7-9-19(25)20(26)11-17)23(31)14-30(36(5,33)34)18-8-10-22(35-4)21(27)12-18/h7-12,15-16H,6,13-14H2,1-5H3,(H,28,32)/t15-,16-/m0/s1. The number of halogens is 3. The Balaban J connectivity index is 2.44. The summed E-state index contributed by atoms with van der Waals surface area (Å²) in [5, 5.41) is 3.69. The van der Waals surface area contributed by atoms with Gasteiger partial charge < -0.3 is 15.0 Å². The summed E-state index contributed by atoms with van der Waals surface area (Å²) >= 11 is 18.4. The zero-order chi connectivity index (χ0) is 27.2. The fourth-order valence-electron chi connectivity index (χ4n) is 3.31. The zero-order valence-corrected chi connectivity index (χ0v) is 23.8. The van der Waals surface area contributed by atoms with Crippen LogP contribution in [0.5, 0.6) is 5.75 Å². The number of nitrogens with zero attached hydrogens (tertiary/aromatic N) is 2. The third-order valence-corrected chi connectivity index (χ3v) is 7.78. The van der Waals surface area contributed by atoms with E-state index in [9.17, 15) is 18.0 Å². The van der Waals surface area contributed by atoms with Crippen LogP contribution in [0, 0.1) is 0 Å². The molecule has 0 spiro atoms. The van der Waals surface area contributed by atoms with Crippen LogP contribution >= 0.6 is 34.8 Å². The number of hydrogen-bond donors (Lipinski definition) is 1. The second-order valence-electron chi connectivity index (χ2n) is 8.35. The van der Waals surface area contributed by atoms with Gasteiger partial charge in [0.15, 0.2) is 0 Å². The molecule has 0 saturated carbocycles. The van der Waals surface area contributed by atoms with Crippen LogP contribution in [0.2, 0.25) is 15.1 Å². The average molecular weight is 579 g/mol. The number of amides is 2. The number of methoxy groups -OCH3 is 1. The molecule has 2 aromatic carbocycles. The fourth-order valence-corrected chi connectivity index (χ4v) is 4.72. The Labute approximate surface area is 227 Å². The summed E-state index contributed by atoms with van der Waals surface area (Å²) in [6.45, 7) is 4.82. The molecule has 2 rings (SSSR count). The van der Waals surface area contributed by atoms with Gasteiger partial charge >= 0.3 is 0 Å². The van der Waals surface area contributed by atoms with Crippen LogP contribution < -0.4 is 14.4 Å². The lowest BCUT2D eigenvalue weighted by molar-refractivity contribution is -0.139. The summed E-state index contributed by atoms with van der Waals surface area (Å²) in [7, 11) is -2.45. The van der Waals surface area contributed by atoms with Crippen molar-refractivity contribution in [3.05, 3.63) is 57.0 Å². The first kappa shape index (κ1) is 30.0. The van der Waals surface area contributed by atoms with Crippen molar-refractivity contribution in [2.24, 2.45) is 0 Å². The van der Waals surface area contributed by atoms with E-state index < -0.39 is 28.5 Å². The first-order valence-corrected chi connectivity index (χ1v) is 14.1. The highest BCUT2D eigenvalue weighted by Crippen LogP contribution is 2.30. The summed E-state index contributed by atoms with van der Waals surface area (Å²) in [6.07, 6.45) is 1.69. The van der Waals surface area contributed by atoms with E-state index in [1.54, 1.807) is 25.1 Å². The van der Waals surface area contributed by atoms with Gasteiger partial charge in [-0.2, -0.15) is 0 Å². The number of anilines is 1. The molecule has 0 aliphatic carbocycles. The van der Waals surface area contributed by atoms with Gasteiger partial charge in [-0.3, -0.25) is 13.9 Å². The van der Waals surface area contributed by atoms with Gasteiger partial charge in [0.2, 0.25) is 21.8 Å². The normalized spacial score (nSPS) is 13.0. The van der Waals surface area contributed by atoms with Crippen molar-refractivity contribution in [2.75, 3.05) is 24.2 Å². The number of hydrogen-bond acceptors (Lipinski definition) is 5. The molecule has 0 radical (unpaired) electrons. The number of benzene rings is 2. The molecule has 198 valence electrons. The van der Waals surface area contributed by atoms with E-state index in [-0.39, 0.29) is 29.2 Å². The molecule has 0 aliphatic rings. The van der Waals surface area contributed by atoms with E-state index in [2.05, 4.69) is 5.32 Å². The number of nitrogens with one attached hydrogen (secondary N) is 1. The minimum absolute atomic E-state index is 0.00574. The van der Waals surface area contributed by atoms with Crippen LogP contribution in [0.25, 0.3) is 0 Å². The number of ether oxygens (including phenoxy) is 1. The van der Waals surface area contributed by atoms with Crippen molar-refractivity contribution in [1.82, 2.24) is 10.2 Å². The van der Waals surface area contributed by atoms with E-state index in [4.69, 9.17) is 39.5 Å². The van der Waals surface area contributed by atoms with Gasteiger partial charge in [-0.25, -0.2) is 8.42 Å². The average Bonchev–Trinajstić information content (AvgIpc) is 2.81. The van der Waals surface area contributed by atoms with E-state index in [1.807, 2.05) is 13.8 Å². The lowest BCUT2D eigenvalue weighted by Crippen LogP contribution is -2.52. The Bertz CT molecular complexity index is 1210. The molecule has 12 heteroatoms. The van der Waals surface area contributed by atoms with Crippen molar-refractivity contribution < 1.29 is 22.7 Å². The Morgan fingerprint density at radius 2 is 1.69 bits per heavy atom. The molecule has 36 heavy (non-hydrogen) atoms.